The molecule has 0 fully saturated rings. The molecule has 4 heteroatoms. The maximum atomic E-state index is 12.3. The lowest BCUT2D eigenvalue weighted by atomic mass is 9.98. The van der Waals surface area contributed by atoms with Gasteiger partial charge in [-0.15, -0.1) is 0 Å². The van der Waals surface area contributed by atoms with Crippen LogP contribution in [0.5, 0.6) is 5.75 Å². The first-order valence-electron chi connectivity index (χ1n) is 9.38. The molecule has 144 valence electrons. The number of hydrogen-bond donors (Lipinski definition) is 0. The Bertz CT molecular complexity index is 752. The lowest BCUT2D eigenvalue weighted by molar-refractivity contribution is -0.153. The molecular weight excluding hydrogens is 340 g/mol. The minimum atomic E-state index is -0.700. The minimum absolute atomic E-state index is 0.150. The first kappa shape index (κ1) is 20.7. The van der Waals surface area contributed by atoms with E-state index in [0.717, 1.165) is 35.3 Å². The zero-order valence-electron chi connectivity index (χ0n) is 16.4. The Morgan fingerprint density at radius 2 is 1.74 bits per heavy atom. The lowest BCUT2D eigenvalue weighted by Crippen LogP contribution is -2.24. The molecule has 0 saturated carbocycles. The van der Waals surface area contributed by atoms with Crippen molar-refractivity contribution in [1.29, 1.82) is 0 Å². The molecule has 0 spiro atoms. The molecule has 0 aromatic heterocycles. The molecule has 0 amide bonds. The van der Waals surface area contributed by atoms with Crippen molar-refractivity contribution in [2.75, 3.05) is 6.61 Å². The Morgan fingerprint density at radius 1 is 1.00 bits per heavy atom. The van der Waals surface area contributed by atoms with Crippen LogP contribution >= 0.6 is 0 Å². The summed E-state index contributed by atoms with van der Waals surface area (Å²) in [5, 5.41) is 0. The van der Waals surface area contributed by atoms with Gasteiger partial charge >= 0.3 is 5.97 Å². The maximum Gasteiger partial charge on any atom is 0.316 e. The van der Waals surface area contributed by atoms with Gasteiger partial charge in [-0.25, -0.2) is 0 Å². The molecule has 1 unspecified atom stereocenters. The van der Waals surface area contributed by atoms with Crippen molar-refractivity contribution in [2.45, 2.75) is 46.6 Å². The van der Waals surface area contributed by atoms with E-state index < -0.39 is 11.9 Å². The molecule has 4 nitrogen and oxygen atoms in total. The van der Waals surface area contributed by atoms with Crippen molar-refractivity contribution in [3.63, 3.8) is 0 Å². The van der Waals surface area contributed by atoms with Crippen LogP contribution in [-0.2, 0) is 20.9 Å². The average Bonchev–Trinajstić information content (AvgIpc) is 2.65. The van der Waals surface area contributed by atoms with Crippen molar-refractivity contribution < 1.29 is 19.1 Å². The molecule has 0 aliphatic rings. The fourth-order valence-corrected chi connectivity index (χ4v) is 2.81. The second-order valence-electron chi connectivity index (χ2n) is 6.87. The van der Waals surface area contributed by atoms with Crippen molar-refractivity contribution in [1.82, 2.24) is 0 Å². The second-order valence-corrected chi connectivity index (χ2v) is 6.87. The van der Waals surface area contributed by atoms with E-state index in [2.05, 4.69) is 6.07 Å². The van der Waals surface area contributed by atoms with Gasteiger partial charge in [0, 0.05) is 0 Å². The zero-order chi connectivity index (χ0) is 19.6. The van der Waals surface area contributed by atoms with E-state index in [1.54, 1.807) is 0 Å². The summed E-state index contributed by atoms with van der Waals surface area (Å²) in [6.45, 7) is 6.25. The zero-order valence-corrected chi connectivity index (χ0v) is 16.4. The third-order valence-electron chi connectivity index (χ3n) is 4.49. The summed E-state index contributed by atoms with van der Waals surface area (Å²) in [7, 11) is 0. The summed E-state index contributed by atoms with van der Waals surface area (Å²) in [5.41, 5.74) is 3.18. The molecule has 1 atom stereocenters. The van der Waals surface area contributed by atoms with Crippen LogP contribution in [0.4, 0.5) is 0 Å². The van der Waals surface area contributed by atoms with E-state index in [4.69, 9.17) is 9.47 Å². The number of Topliss-reactive ketones (excluding diaryl/α,β-unsaturated/α-hetero) is 1. The molecule has 2 aromatic rings. The van der Waals surface area contributed by atoms with Gasteiger partial charge in [-0.2, -0.15) is 0 Å². The fraction of sp³-hybridized carbons (Fsp3) is 0.391. The molecule has 0 aliphatic carbocycles. The second kappa shape index (κ2) is 10.5. The van der Waals surface area contributed by atoms with Crippen molar-refractivity contribution in [3.8, 4) is 5.75 Å². The Balaban J connectivity index is 1.74. The Labute approximate surface area is 161 Å². The normalized spacial score (nSPS) is 11.7. The highest BCUT2D eigenvalue weighted by molar-refractivity contribution is 5.97. The predicted octanol–water partition coefficient (Wildman–Crippen LogP) is 4.80. The van der Waals surface area contributed by atoms with E-state index in [1.807, 2.05) is 56.3 Å². The fourth-order valence-electron chi connectivity index (χ4n) is 2.81. The number of rotatable bonds is 10. The summed E-state index contributed by atoms with van der Waals surface area (Å²) in [5.74, 6) is -0.403. The van der Waals surface area contributed by atoms with Gasteiger partial charge in [0.05, 0.1) is 6.61 Å². The summed E-state index contributed by atoms with van der Waals surface area (Å²) >= 11 is 0. The number of benzene rings is 2. The lowest BCUT2D eigenvalue weighted by Gasteiger charge is -2.14. The maximum absolute atomic E-state index is 12.3. The number of esters is 1. The van der Waals surface area contributed by atoms with Gasteiger partial charge in [0.15, 0.2) is 0 Å². The molecular formula is C23H28O4. The molecule has 0 bridgehead atoms. The van der Waals surface area contributed by atoms with Gasteiger partial charge in [-0.05, 0) is 62.8 Å². The molecule has 0 radical (unpaired) electrons. The highest BCUT2D eigenvalue weighted by Crippen LogP contribution is 2.20. The molecule has 0 saturated heterocycles. The van der Waals surface area contributed by atoms with E-state index in [9.17, 15) is 9.59 Å². The number of carbonyl (C=O) groups is 2. The molecule has 27 heavy (non-hydrogen) atoms. The van der Waals surface area contributed by atoms with Crippen LogP contribution in [0.3, 0.4) is 0 Å². The van der Waals surface area contributed by atoms with Gasteiger partial charge in [0.2, 0.25) is 0 Å². The molecule has 0 heterocycles. The van der Waals surface area contributed by atoms with E-state index in [0.29, 0.717) is 13.0 Å². The van der Waals surface area contributed by atoms with Crippen molar-refractivity contribution in [2.24, 2.45) is 5.92 Å². The van der Waals surface area contributed by atoms with Crippen LogP contribution < -0.4 is 4.74 Å². The first-order valence-corrected chi connectivity index (χ1v) is 9.38. The SMILES string of the molecule is CC(=O)C(CCCCOc1cc(C)ccc1C)C(=O)OCc1ccccc1. The standard InChI is InChI=1S/C23H28O4/c1-17-12-13-18(2)22(15-17)26-14-8-7-11-21(19(3)24)23(25)27-16-20-9-5-4-6-10-20/h4-6,9-10,12-13,15,21H,7-8,11,14,16H2,1-3H3. The highest BCUT2D eigenvalue weighted by atomic mass is 16.5. The third-order valence-corrected chi connectivity index (χ3v) is 4.49. The van der Waals surface area contributed by atoms with Gasteiger partial charge in [-0.3, -0.25) is 9.59 Å². The van der Waals surface area contributed by atoms with Crippen molar-refractivity contribution >= 4 is 11.8 Å². The number of hydrogen-bond acceptors (Lipinski definition) is 4. The Morgan fingerprint density at radius 3 is 2.44 bits per heavy atom. The predicted molar refractivity (Wildman–Crippen MR) is 106 cm³/mol. The van der Waals surface area contributed by atoms with Gasteiger partial charge in [-0.1, -0.05) is 42.5 Å². The van der Waals surface area contributed by atoms with E-state index >= 15 is 0 Å². The quantitative estimate of drug-likeness (QED) is 0.343. The number of ether oxygens (including phenoxy) is 2. The number of carbonyl (C=O) groups excluding carboxylic acids is 2. The summed E-state index contributed by atoms with van der Waals surface area (Å²) in [6.07, 6.45) is 2.00. The van der Waals surface area contributed by atoms with Crippen LogP contribution in [0.15, 0.2) is 48.5 Å². The van der Waals surface area contributed by atoms with Crippen molar-refractivity contribution in [3.05, 3.63) is 65.2 Å². The Kier molecular flexibility index (Phi) is 8.05. The molecule has 2 aromatic carbocycles. The van der Waals surface area contributed by atoms with Crippen LogP contribution in [0.1, 0.15) is 42.9 Å². The minimum Gasteiger partial charge on any atom is -0.493 e. The van der Waals surface area contributed by atoms with Gasteiger partial charge < -0.3 is 9.47 Å². The van der Waals surface area contributed by atoms with Gasteiger partial charge in [0.25, 0.3) is 0 Å². The van der Waals surface area contributed by atoms with Crippen LogP contribution in [0.2, 0.25) is 0 Å². The Hall–Kier alpha value is -2.62. The van der Waals surface area contributed by atoms with Crippen LogP contribution in [0, 0.1) is 19.8 Å². The van der Waals surface area contributed by atoms with E-state index in [-0.39, 0.29) is 12.4 Å². The summed E-state index contributed by atoms with van der Waals surface area (Å²) < 4.78 is 11.1. The third kappa shape index (κ3) is 6.89. The monoisotopic (exact) mass is 368 g/mol. The smallest absolute Gasteiger partial charge is 0.316 e. The number of ketones is 1. The molecule has 0 N–H and O–H groups in total. The molecule has 0 aliphatic heterocycles. The first-order chi connectivity index (χ1) is 13.0. The largest absolute Gasteiger partial charge is 0.493 e. The molecule has 2 rings (SSSR count). The topological polar surface area (TPSA) is 52.6 Å². The van der Waals surface area contributed by atoms with E-state index in [1.165, 1.54) is 6.92 Å². The average molecular weight is 368 g/mol. The van der Waals surface area contributed by atoms with Crippen LogP contribution in [0.25, 0.3) is 0 Å². The van der Waals surface area contributed by atoms with Crippen LogP contribution in [-0.4, -0.2) is 18.4 Å². The summed E-state index contributed by atoms with van der Waals surface area (Å²) in [6, 6.07) is 15.6. The van der Waals surface area contributed by atoms with Gasteiger partial charge in [0.1, 0.15) is 24.1 Å². The summed E-state index contributed by atoms with van der Waals surface area (Å²) in [4.78, 5) is 24.1. The number of aryl methyl sites for hydroxylation is 2. The highest BCUT2D eigenvalue weighted by Gasteiger charge is 2.24. The number of unbranched alkanes of at least 4 members (excludes halogenated alkanes) is 1.